The van der Waals surface area contributed by atoms with Gasteiger partial charge in [-0.1, -0.05) is 13.8 Å². The van der Waals surface area contributed by atoms with E-state index in [9.17, 15) is 4.79 Å². The van der Waals surface area contributed by atoms with Crippen molar-refractivity contribution in [3.05, 3.63) is 0 Å². The van der Waals surface area contributed by atoms with Gasteiger partial charge in [-0.05, 0) is 31.3 Å². The first kappa shape index (κ1) is 14.8. The Labute approximate surface area is 97.3 Å². The van der Waals surface area contributed by atoms with Crippen LogP contribution >= 0.6 is 11.8 Å². The van der Waals surface area contributed by atoms with Crippen LogP contribution in [0, 0.1) is 0 Å². The lowest BCUT2D eigenvalue weighted by Crippen LogP contribution is -2.42. The summed E-state index contributed by atoms with van der Waals surface area (Å²) < 4.78 is 4.78. The molecule has 2 atom stereocenters. The lowest BCUT2D eigenvalue weighted by molar-refractivity contribution is -0.143. The minimum Gasteiger partial charge on any atom is -0.468 e. The molecule has 15 heavy (non-hydrogen) atoms. The van der Waals surface area contributed by atoms with Crippen molar-refractivity contribution in [2.24, 2.45) is 0 Å². The average Bonchev–Trinajstić information content (AvgIpc) is 2.26. The Bertz CT molecular complexity index is 176. The largest absolute Gasteiger partial charge is 0.468 e. The quantitative estimate of drug-likeness (QED) is 0.514. The zero-order valence-electron chi connectivity index (χ0n) is 10.2. The molecule has 0 saturated carbocycles. The molecule has 2 unspecified atom stereocenters. The number of thioether (sulfide) groups is 1. The third-order valence-corrected chi connectivity index (χ3v) is 3.27. The standard InChI is InChI=1S/C11H23NO2S/c1-5-9(3)12-10(11(13)14-4)7-8-15-6-2/h9-10,12H,5-8H2,1-4H3. The topological polar surface area (TPSA) is 38.3 Å². The first-order valence-corrected chi connectivity index (χ1v) is 6.72. The zero-order valence-corrected chi connectivity index (χ0v) is 11.0. The fourth-order valence-electron chi connectivity index (χ4n) is 1.22. The zero-order chi connectivity index (χ0) is 11.7. The summed E-state index contributed by atoms with van der Waals surface area (Å²) in [5.41, 5.74) is 0. The molecule has 0 heterocycles. The highest BCUT2D eigenvalue weighted by atomic mass is 32.2. The number of carbonyl (C=O) groups is 1. The van der Waals surface area contributed by atoms with Crippen molar-refractivity contribution < 1.29 is 9.53 Å². The first-order chi connectivity index (χ1) is 7.15. The van der Waals surface area contributed by atoms with Gasteiger partial charge < -0.3 is 10.1 Å². The van der Waals surface area contributed by atoms with Crippen molar-refractivity contribution >= 4 is 17.7 Å². The van der Waals surface area contributed by atoms with Gasteiger partial charge in [-0.2, -0.15) is 11.8 Å². The van der Waals surface area contributed by atoms with Gasteiger partial charge in [0.2, 0.25) is 0 Å². The highest BCUT2D eigenvalue weighted by Gasteiger charge is 2.19. The third kappa shape index (κ3) is 6.79. The first-order valence-electron chi connectivity index (χ1n) is 5.57. The summed E-state index contributed by atoms with van der Waals surface area (Å²) in [4.78, 5) is 11.5. The van der Waals surface area contributed by atoms with Gasteiger partial charge in [0.05, 0.1) is 7.11 Å². The second-order valence-corrected chi connectivity index (χ2v) is 4.93. The van der Waals surface area contributed by atoms with Crippen LogP contribution in [0.25, 0.3) is 0 Å². The number of methoxy groups -OCH3 is 1. The number of nitrogens with one attached hydrogen (secondary N) is 1. The van der Waals surface area contributed by atoms with E-state index in [1.807, 2.05) is 11.8 Å². The summed E-state index contributed by atoms with van der Waals surface area (Å²) in [6.45, 7) is 6.32. The van der Waals surface area contributed by atoms with Crippen molar-refractivity contribution in [2.45, 2.75) is 45.7 Å². The Kier molecular flexibility index (Phi) is 8.91. The molecule has 0 aliphatic heterocycles. The van der Waals surface area contributed by atoms with E-state index in [1.54, 1.807) is 0 Å². The molecule has 90 valence electrons. The maximum absolute atomic E-state index is 11.5. The summed E-state index contributed by atoms with van der Waals surface area (Å²) in [6.07, 6.45) is 1.87. The van der Waals surface area contributed by atoms with E-state index < -0.39 is 0 Å². The number of esters is 1. The smallest absolute Gasteiger partial charge is 0.322 e. The van der Waals surface area contributed by atoms with E-state index in [0.717, 1.165) is 24.3 Å². The second kappa shape index (κ2) is 9.04. The Hall–Kier alpha value is -0.220. The van der Waals surface area contributed by atoms with Gasteiger partial charge in [-0.3, -0.25) is 4.79 Å². The lowest BCUT2D eigenvalue weighted by Gasteiger charge is -2.20. The van der Waals surface area contributed by atoms with Crippen molar-refractivity contribution in [1.29, 1.82) is 0 Å². The second-order valence-electron chi connectivity index (χ2n) is 3.54. The molecule has 0 spiro atoms. The average molecular weight is 233 g/mol. The molecule has 1 N–H and O–H groups in total. The van der Waals surface area contributed by atoms with Crippen LogP contribution in [-0.4, -0.2) is 36.7 Å². The summed E-state index contributed by atoms with van der Waals surface area (Å²) in [5.74, 6) is 1.95. The minimum absolute atomic E-state index is 0.146. The van der Waals surface area contributed by atoms with E-state index in [1.165, 1.54) is 7.11 Å². The number of ether oxygens (including phenoxy) is 1. The molecule has 0 aromatic carbocycles. The summed E-state index contributed by atoms with van der Waals surface area (Å²) in [6, 6.07) is 0.213. The number of rotatable bonds is 8. The van der Waals surface area contributed by atoms with Crippen LogP contribution in [0.2, 0.25) is 0 Å². The summed E-state index contributed by atoms with van der Waals surface area (Å²) in [7, 11) is 1.45. The van der Waals surface area contributed by atoms with Gasteiger partial charge in [-0.15, -0.1) is 0 Å². The minimum atomic E-state index is -0.149. The van der Waals surface area contributed by atoms with E-state index in [4.69, 9.17) is 4.74 Å². The van der Waals surface area contributed by atoms with Gasteiger partial charge in [0.1, 0.15) is 6.04 Å². The van der Waals surface area contributed by atoms with E-state index in [-0.39, 0.29) is 12.0 Å². The summed E-state index contributed by atoms with van der Waals surface area (Å²) in [5, 5.41) is 3.29. The predicted molar refractivity (Wildman–Crippen MR) is 66.3 cm³/mol. The highest BCUT2D eigenvalue weighted by molar-refractivity contribution is 7.99. The van der Waals surface area contributed by atoms with Gasteiger partial charge in [0.25, 0.3) is 0 Å². The molecule has 0 bridgehead atoms. The Morgan fingerprint density at radius 2 is 2.13 bits per heavy atom. The molecular formula is C11H23NO2S. The maximum Gasteiger partial charge on any atom is 0.322 e. The Balaban J connectivity index is 4.00. The van der Waals surface area contributed by atoms with Gasteiger partial charge in [0, 0.05) is 6.04 Å². The fraction of sp³-hybridized carbons (Fsp3) is 0.909. The highest BCUT2D eigenvalue weighted by Crippen LogP contribution is 2.06. The number of hydrogen-bond acceptors (Lipinski definition) is 4. The van der Waals surface area contributed by atoms with Gasteiger partial charge in [0.15, 0.2) is 0 Å². The fourth-order valence-corrected chi connectivity index (χ4v) is 1.91. The van der Waals surface area contributed by atoms with Crippen molar-refractivity contribution in [3.8, 4) is 0 Å². The Morgan fingerprint density at radius 3 is 2.60 bits per heavy atom. The van der Waals surface area contributed by atoms with Crippen LogP contribution in [0.3, 0.4) is 0 Å². The molecule has 0 amide bonds. The maximum atomic E-state index is 11.5. The van der Waals surface area contributed by atoms with Crippen LogP contribution < -0.4 is 5.32 Å². The van der Waals surface area contributed by atoms with Gasteiger partial charge in [-0.25, -0.2) is 0 Å². The number of hydrogen-bond donors (Lipinski definition) is 1. The van der Waals surface area contributed by atoms with Crippen LogP contribution in [0.5, 0.6) is 0 Å². The van der Waals surface area contributed by atoms with Crippen LogP contribution in [0.1, 0.15) is 33.6 Å². The third-order valence-electron chi connectivity index (χ3n) is 2.34. The predicted octanol–water partition coefficient (Wildman–Crippen LogP) is 2.06. The molecule has 0 aliphatic carbocycles. The van der Waals surface area contributed by atoms with Crippen LogP contribution in [0.15, 0.2) is 0 Å². The molecule has 0 saturated heterocycles. The van der Waals surface area contributed by atoms with Gasteiger partial charge >= 0.3 is 5.97 Å². The molecule has 0 aliphatic rings. The lowest BCUT2D eigenvalue weighted by atomic mass is 10.1. The van der Waals surface area contributed by atoms with Crippen LogP contribution in [0.4, 0.5) is 0 Å². The number of carbonyl (C=O) groups excluding carboxylic acids is 1. The summed E-state index contributed by atoms with van der Waals surface area (Å²) >= 11 is 1.85. The van der Waals surface area contributed by atoms with Crippen LogP contribution in [-0.2, 0) is 9.53 Å². The molecule has 0 radical (unpaired) electrons. The Morgan fingerprint density at radius 1 is 1.47 bits per heavy atom. The molecule has 4 heteroatoms. The monoisotopic (exact) mass is 233 g/mol. The molecular weight excluding hydrogens is 210 g/mol. The molecule has 0 aromatic heterocycles. The molecule has 0 rings (SSSR count). The normalized spacial score (nSPS) is 14.7. The van der Waals surface area contributed by atoms with Crippen molar-refractivity contribution in [2.75, 3.05) is 18.6 Å². The van der Waals surface area contributed by atoms with E-state index >= 15 is 0 Å². The van der Waals surface area contributed by atoms with Crippen molar-refractivity contribution in [3.63, 3.8) is 0 Å². The van der Waals surface area contributed by atoms with Crippen molar-refractivity contribution in [1.82, 2.24) is 5.32 Å². The molecule has 3 nitrogen and oxygen atoms in total. The SMILES string of the molecule is CCSCCC(NC(C)CC)C(=O)OC. The molecule has 0 fully saturated rings. The van der Waals surface area contributed by atoms with E-state index in [0.29, 0.717) is 6.04 Å². The molecule has 0 aromatic rings. The van der Waals surface area contributed by atoms with E-state index in [2.05, 4.69) is 26.1 Å².